The van der Waals surface area contributed by atoms with E-state index in [1.807, 2.05) is 13.0 Å². The molecule has 1 aromatic rings. The predicted molar refractivity (Wildman–Crippen MR) is 111 cm³/mol. The van der Waals surface area contributed by atoms with Crippen LogP contribution in [0.4, 0.5) is 5.69 Å². The van der Waals surface area contributed by atoms with E-state index in [-0.39, 0.29) is 11.9 Å². The summed E-state index contributed by atoms with van der Waals surface area (Å²) in [6, 6.07) is 6.19. The number of aliphatic carboxylic acids is 1. The van der Waals surface area contributed by atoms with Gasteiger partial charge in [-0.1, -0.05) is 44.9 Å². The largest absolute Gasteiger partial charge is 0.481 e. The second-order valence-electron chi connectivity index (χ2n) is 7.30. The lowest BCUT2D eigenvalue weighted by molar-refractivity contribution is -0.137. The summed E-state index contributed by atoms with van der Waals surface area (Å²) in [6.07, 6.45) is 6.75. The summed E-state index contributed by atoms with van der Waals surface area (Å²) in [5, 5.41) is 11.1. The summed E-state index contributed by atoms with van der Waals surface area (Å²) in [4.78, 5) is 24.7. The number of rotatable bonds is 7. The van der Waals surface area contributed by atoms with Gasteiger partial charge in [-0.05, 0) is 63.7 Å². The third-order valence-electron chi connectivity index (χ3n) is 4.91. The van der Waals surface area contributed by atoms with E-state index in [0.29, 0.717) is 6.42 Å². The molecule has 0 radical (unpaired) electrons. The van der Waals surface area contributed by atoms with Crippen LogP contribution in [0.1, 0.15) is 69.9 Å². The van der Waals surface area contributed by atoms with Crippen LogP contribution in [-0.2, 0) is 9.59 Å². The highest BCUT2D eigenvalue weighted by molar-refractivity contribution is 5.96. The van der Waals surface area contributed by atoms with Crippen molar-refractivity contribution in [1.29, 1.82) is 0 Å². The van der Waals surface area contributed by atoms with E-state index in [0.717, 1.165) is 49.2 Å². The Kier molecular flexibility index (Phi) is 10.7. The Morgan fingerprint density at radius 3 is 2.33 bits per heavy atom. The van der Waals surface area contributed by atoms with Crippen LogP contribution in [0.5, 0.6) is 0 Å². The van der Waals surface area contributed by atoms with Gasteiger partial charge in [-0.3, -0.25) is 14.5 Å². The molecule has 0 saturated carbocycles. The molecule has 1 saturated heterocycles. The van der Waals surface area contributed by atoms with Crippen LogP contribution in [-0.4, -0.2) is 41.0 Å². The Morgan fingerprint density at radius 2 is 1.81 bits per heavy atom. The molecular formula is C22H36N2O3. The third-order valence-corrected chi connectivity index (χ3v) is 4.91. The minimum Gasteiger partial charge on any atom is -0.481 e. The maximum absolute atomic E-state index is 12.7. The first-order chi connectivity index (χ1) is 12.9. The minimum atomic E-state index is -0.711. The molecule has 1 fully saturated rings. The number of nitrogens with one attached hydrogen (secondary N) is 1. The molecular weight excluding hydrogens is 340 g/mol. The van der Waals surface area contributed by atoms with Gasteiger partial charge in [0.2, 0.25) is 5.91 Å². The van der Waals surface area contributed by atoms with Crippen molar-refractivity contribution in [3.05, 3.63) is 29.3 Å². The number of benzene rings is 1. The molecule has 5 nitrogen and oxygen atoms in total. The van der Waals surface area contributed by atoms with E-state index in [9.17, 15) is 9.59 Å². The Bertz CT molecular complexity index is 581. The average molecular weight is 377 g/mol. The van der Waals surface area contributed by atoms with Gasteiger partial charge in [0, 0.05) is 12.1 Å². The lowest BCUT2D eigenvalue weighted by Crippen LogP contribution is -2.47. The first kappa shape index (κ1) is 23.2. The summed E-state index contributed by atoms with van der Waals surface area (Å²) in [5.41, 5.74) is 3.27. The van der Waals surface area contributed by atoms with Crippen molar-refractivity contribution in [2.45, 2.75) is 78.7 Å². The van der Waals surface area contributed by atoms with E-state index in [4.69, 9.17) is 5.11 Å². The number of aryl methyl sites for hydroxylation is 2. The van der Waals surface area contributed by atoms with E-state index in [2.05, 4.69) is 43.1 Å². The number of hydrogen-bond donors (Lipinski definition) is 2. The van der Waals surface area contributed by atoms with Crippen molar-refractivity contribution in [3.8, 4) is 0 Å². The second kappa shape index (κ2) is 12.5. The van der Waals surface area contributed by atoms with Crippen LogP contribution in [0.15, 0.2) is 18.2 Å². The second-order valence-corrected chi connectivity index (χ2v) is 7.30. The Balaban J connectivity index is 0.000000527. The fraction of sp³-hybridized carbons (Fsp3) is 0.636. The number of carboxylic acids is 1. The standard InChI is InChI=1S/C18H28N2O.C4H8O2/c1-4-5-12-20-13-7-6-11-16(20)18(21)19-17-14(2)9-8-10-15(17)3;1-2-3-4(5)6/h8-10,16H,4-7,11-13H2,1-3H3,(H,19,21);2-3H2,1H3,(H,5,6). The van der Waals surface area contributed by atoms with Crippen molar-refractivity contribution in [3.63, 3.8) is 0 Å². The van der Waals surface area contributed by atoms with Crippen molar-refractivity contribution in [2.24, 2.45) is 0 Å². The van der Waals surface area contributed by atoms with Crippen molar-refractivity contribution in [2.75, 3.05) is 18.4 Å². The van der Waals surface area contributed by atoms with Crippen molar-refractivity contribution >= 4 is 17.6 Å². The zero-order valence-corrected chi connectivity index (χ0v) is 17.4. The van der Waals surface area contributed by atoms with Crippen LogP contribution >= 0.6 is 0 Å². The molecule has 0 aromatic heterocycles. The van der Waals surface area contributed by atoms with Gasteiger partial charge in [0.25, 0.3) is 0 Å². The quantitative estimate of drug-likeness (QED) is 0.719. The highest BCUT2D eigenvalue weighted by atomic mass is 16.4. The van der Waals surface area contributed by atoms with Crippen LogP contribution in [0.2, 0.25) is 0 Å². The number of carboxylic acid groups (broad SMARTS) is 1. The molecule has 2 rings (SSSR count). The number of hydrogen-bond acceptors (Lipinski definition) is 3. The number of unbranched alkanes of at least 4 members (excludes halogenated alkanes) is 1. The number of para-hydroxylation sites is 1. The van der Waals surface area contributed by atoms with E-state index < -0.39 is 5.97 Å². The number of carbonyl (C=O) groups is 2. The van der Waals surface area contributed by atoms with Gasteiger partial charge in [-0.15, -0.1) is 0 Å². The smallest absolute Gasteiger partial charge is 0.303 e. The topological polar surface area (TPSA) is 69.6 Å². The van der Waals surface area contributed by atoms with Crippen molar-refractivity contribution < 1.29 is 14.7 Å². The molecule has 0 bridgehead atoms. The van der Waals surface area contributed by atoms with Crippen molar-refractivity contribution in [1.82, 2.24) is 4.90 Å². The van der Waals surface area contributed by atoms with Crippen LogP contribution in [0.25, 0.3) is 0 Å². The van der Waals surface area contributed by atoms with Gasteiger partial charge in [0.1, 0.15) is 0 Å². The highest BCUT2D eigenvalue weighted by Crippen LogP contribution is 2.23. The van der Waals surface area contributed by atoms with Crippen LogP contribution in [0, 0.1) is 13.8 Å². The zero-order valence-electron chi connectivity index (χ0n) is 17.4. The first-order valence-corrected chi connectivity index (χ1v) is 10.2. The number of carbonyl (C=O) groups excluding carboxylic acids is 1. The first-order valence-electron chi connectivity index (χ1n) is 10.2. The van der Waals surface area contributed by atoms with Gasteiger partial charge >= 0.3 is 5.97 Å². The molecule has 1 atom stereocenters. The molecule has 27 heavy (non-hydrogen) atoms. The van der Waals surface area contributed by atoms with Gasteiger partial charge in [-0.25, -0.2) is 0 Å². The summed E-state index contributed by atoms with van der Waals surface area (Å²) in [5.74, 6) is -0.541. The lowest BCUT2D eigenvalue weighted by atomic mass is 10.00. The summed E-state index contributed by atoms with van der Waals surface area (Å²) in [6.45, 7) is 10.3. The molecule has 0 spiro atoms. The highest BCUT2D eigenvalue weighted by Gasteiger charge is 2.28. The lowest BCUT2D eigenvalue weighted by Gasteiger charge is -2.34. The number of likely N-dealkylation sites (tertiary alicyclic amines) is 1. The molecule has 1 heterocycles. The number of anilines is 1. The average Bonchev–Trinajstić information content (AvgIpc) is 2.63. The predicted octanol–water partition coefficient (Wildman–Crippen LogP) is 4.77. The zero-order chi connectivity index (χ0) is 20.2. The van der Waals surface area contributed by atoms with Gasteiger partial charge < -0.3 is 10.4 Å². The Labute approximate surface area is 164 Å². The van der Waals surface area contributed by atoms with E-state index in [1.54, 1.807) is 0 Å². The molecule has 0 aliphatic carbocycles. The van der Waals surface area contributed by atoms with Gasteiger partial charge in [-0.2, -0.15) is 0 Å². The summed E-state index contributed by atoms with van der Waals surface area (Å²) in [7, 11) is 0. The van der Waals surface area contributed by atoms with Crippen LogP contribution < -0.4 is 5.32 Å². The monoisotopic (exact) mass is 376 g/mol. The third kappa shape index (κ3) is 8.12. The molecule has 2 N–H and O–H groups in total. The Hall–Kier alpha value is -1.88. The maximum Gasteiger partial charge on any atom is 0.303 e. The van der Waals surface area contributed by atoms with E-state index >= 15 is 0 Å². The number of nitrogens with zero attached hydrogens (tertiary/aromatic N) is 1. The molecule has 5 heteroatoms. The molecule has 1 amide bonds. The molecule has 1 aromatic carbocycles. The van der Waals surface area contributed by atoms with Gasteiger partial charge in [0.15, 0.2) is 0 Å². The summed E-state index contributed by atoms with van der Waals surface area (Å²) < 4.78 is 0. The SMILES string of the molecule is CCCC(=O)O.CCCCN1CCCCC1C(=O)Nc1c(C)cccc1C. The molecule has 152 valence electrons. The van der Waals surface area contributed by atoms with Crippen LogP contribution in [0.3, 0.4) is 0 Å². The number of amides is 1. The summed E-state index contributed by atoms with van der Waals surface area (Å²) >= 11 is 0. The maximum atomic E-state index is 12.7. The fourth-order valence-electron chi connectivity index (χ4n) is 3.35. The molecule has 1 aliphatic heterocycles. The van der Waals surface area contributed by atoms with Gasteiger partial charge in [0.05, 0.1) is 6.04 Å². The molecule has 1 aliphatic rings. The normalized spacial score (nSPS) is 17.0. The minimum absolute atomic E-state index is 0.0457. The van der Waals surface area contributed by atoms with E-state index in [1.165, 1.54) is 19.3 Å². The Morgan fingerprint density at radius 1 is 1.15 bits per heavy atom. The molecule has 1 unspecified atom stereocenters. The number of piperidine rings is 1. The fourth-order valence-corrected chi connectivity index (χ4v) is 3.35.